The highest BCUT2D eigenvalue weighted by molar-refractivity contribution is 6.30. The molecule has 18 heavy (non-hydrogen) atoms. The number of halogens is 1. The number of ether oxygens (including phenoxy) is 1. The summed E-state index contributed by atoms with van der Waals surface area (Å²) in [5.74, 6) is 1.01. The van der Waals surface area contributed by atoms with Crippen molar-refractivity contribution in [3.8, 4) is 5.75 Å². The van der Waals surface area contributed by atoms with Gasteiger partial charge in [-0.15, -0.1) is 0 Å². The van der Waals surface area contributed by atoms with Crippen LogP contribution in [-0.2, 0) is 0 Å². The van der Waals surface area contributed by atoms with Crippen LogP contribution in [0.15, 0.2) is 23.4 Å². The van der Waals surface area contributed by atoms with Gasteiger partial charge in [-0.1, -0.05) is 30.6 Å². The van der Waals surface area contributed by atoms with E-state index >= 15 is 0 Å². The summed E-state index contributed by atoms with van der Waals surface area (Å²) in [6.45, 7) is 6.24. The van der Waals surface area contributed by atoms with Crippen molar-refractivity contribution in [1.29, 1.82) is 0 Å². The third-order valence-corrected chi connectivity index (χ3v) is 3.16. The van der Waals surface area contributed by atoms with Gasteiger partial charge in [-0.3, -0.25) is 0 Å². The van der Waals surface area contributed by atoms with E-state index in [0.717, 1.165) is 11.3 Å². The molecule has 0 aliphatic rings. The second-order valence-electron chi connectivity index (χ2n) is 4.88. The molecular weight excluding hydrogens is 252 g/mol. The van der Waals surface area contributed by atoms with Crippen LogP contribution in [0, 0.1) is 12.3 Å². The lowest BCUT2D eigenvalue weighted by Crippen LogP contribution is -2.33. The van der Waals surface area contributed by atoms with E-state index in [1.807, 2.05) is 32.9 Å². The predicted molar refractivity (Wildman–Crippen MR) is 73.5 cm³/mol. The van der Waals surface area contributed by atoms with Crippen molar-refractivity contribution in [1.82, 2.24) is 0 Å². The molecule has 0 aromatic heterocycles. The molecule has 0 fully saturated rings. The third-order valence-electron chi connectivity index (χ3n) is 2.92. The van der Waals surface area contributed by atoms with Crippen LogP contribution in [0.25, 0.3) is 0 Å². The number of nitrogens with zero attached hydrogens (tertiary/aromatic N) is 1. The zero-order valence-corrected chi connectivity index (χ0v) is 11.7. The van der Waals surface area contributed by atoms with E-state index in [1.165, 1.54) is 0 Å². The van der Waals surface area contributed by atoms with Crippen molar-refractivity contribution in [3.05, 3.63) is 28.8 Å². The molecule has 0 aliphatic carbocycles. The average molecular weight is 271 g/mol. The highest BCUT2D eigenvalue weighted by Crippen LogP contribution is 2.24. The number of rotatable bonds is 5. The van der Waals surface area contributed by atoms with Gasteiger partial charge in [-0.05, 0) is 37.1 Å². The minimum atomic E-state index is -0.394. The van der Waals surface area contributed by atoms with Crippen molar-refractivity contribution < 1.29 is 9.94 Å². The first-order valence-corrected chi connectivity index (χ1v) is 6.11. The fourth-order valence-electron chi connectivity index (χ4n) is 1.45. The summed E-state index contributed by atoms with van der Waals surface area (Å²) in [6.07, 6.45) is 0.658. The molecule has 4 nitrogen and oxygen atoms in total. The fraction of sp³-hybridized carbons (Fsp3) is 0.462. The Hall–Kier alpha value is -1.42. The Morgan fingerprint density at radius 3 is 2.72 bits per heavy atom. The van der Waals surface area contributed by atoms with E-state index in [0.29, 0.717) is 18.1 Å². The summed E-state index contributed by atoms with van der Waals surface area (Å²) in [5.41, 5.74) is 6.20. The molecule has 1 rings (SSSR count). The number of amidine groups is 1. The smallest absolute Gasteiger partial charge is 0.144 e. The number of oxime groups is 1. The Balaban J connectivity index is 2.57. The summed E-state index contributed by atoms with van der Waals surface area (Å²) in [7, 11) is 0. The molecule has 0 radical (unpaired) electrons. The number of nitrogens with two attached hydrogens (primary N) is 1. The van der Waals surface area contributed by atoms with Gasteiger partial charge < -0.3 is 15.7 Å². The van der Waals surface area contributed by atoms with Crippen molar-refractivity contribution in [2.24, 2.45) is 16.3 Å². The van der Waals surface area contributed by atoms with E-state index in [9.17, 15) is 0 Å². The first-order valence-electron chi connectivity index (χ1n) is 5.74. The maximum atomic E-state index is 8.67. The largest absolute Gasteiger partial charge is 0.493 e. The van der Waals surface area contributed by atoms with Crippen LogP contribution in [0.3, 0.4) is 0 Å². The Bertz CT molecular complexity index is 445. The van der Waals surface area contributed by atoms with E-state index in [4.69, 9.17) is 27.3 Å². The van der Waals surface area contributed by atoms with E-state index in [2.05, 4.69) is 5.16 Å². The first kappa shape index (κ1) is 14.6. The summed E-state index contributed by atoms with van der Waals surface area (Å²) < 4.78 is 5.67. The number of benzene rings is 1. The quantitative estimate of drug-likeness (QED) is 0.374. The van der Waals surface area contributed by atoms with Crippen molar-refractivity contribution in [3.63, 3.8) is 0 Å². The lowest BCUT2D eigenvalue weighted by atomic mass is 9.88. The van der Waals surface area contributed by atoms with E-state index in [-0.39, 0.29) is 5.84 Å². The first-order chi connectivity index (χ1) is 8.36. The Labute approximate surface area is 112 Å². The highest BCUT2D eigenvalue weighted by atomic mass is 35.5. The summed E-state index contributed by atoms with van der Waals surface area (Å²) in [5, 5.41) is 12.4. The van der Waals surface area contributed by atoms with Crippen LogP contribution in [0.2, 0.25) is 5.02 Å². The van der Waals surface area contributed by atoms with Gasteiger partial charge in [0, 0.05) is 10.4 Å². The maximum absolute atomic E-state index is 8.67. The summed E-state index contributed by atoms with van der Waals surface area (Å²) >= 11 is 5.87. The molecule has 0 aliphatic heterocycles. The van der Waals surface area contributed by atoms with Crippen LogP contribution >= 0.6 is 11.6 Å². The van der Waals surface area contributed by atoms with Gasteiger partial charge >= 0.3 is 0 Å². The Kier molecular flexibility index (Phi) is 4.84. The summed E-state index contributed by atoms with van der Waals surface area (Å²) in [6, 6.07) is 5.48. The molecule has 0 heterocycles. The number of hydrogen-bond donors (Lipinski definition) is 2. The molecule has 0 saturated heterocycles. The van der Waals surface area contributed by atoms with Crippen LogP contribution in [0.5, 0.6) is 5.75 Å². The Morgan fingerprint density at radius 1 is 1.50 bits per heavy atom. The predicted octanol–water partition coefficient (Wildman–Crippen LogP) is 3.19. The molecule has 1 aromatic carbocycles. The second-order valence-corrected chi connectivity index (χ2v) is 5.31. The molecule has 5 heteroatoms. The lowest BCUT2D eigenvalue weighted by Gasteiger charge is -2.22. The van der Waals surface area contributed by atoms with Gasteiger partial charge in [0.1, 0.15) is 11.6 Å². The lowest BCUT2D eigenvalue weighted by molar-refractivity contribution is 0.258. The normalized spacial score (nSPS) is 12.6. The molecule has 0 unspecified atom stereocenters. The molecular formula is C13H19ClN2O2. The molecule has 100 valence electrons. The van der Waals surface area contributed by atoms with Gasteiger partial charge in [-0.25, -0.2) is 0 Å². The highest BCUT2D eigenvalue weighted by Gasteiger charge is 2.23. The molecule has 1 aromatic rings. The average Bonchev–Trinajstić information content (AvgIpc) is 2.30. The van der Waals surface area contributed by atoms with Crippen LogP contribution in [-0.4, -0.2) is 17.6 Å². The van der Waals surface area contributed by atoms with Crippen LogP contribution in [0.1, 0.15) is 25.8 Å². The van der Waals surface area contributed by atoms with Gasteiger partial charge in [0.05, 0.1) is 6.61 Å². The minimum absolute atomic E-state index is 0.207. The number of aryl methyl sites for hydroxylation is 1. The van der Waals surface area contributed by atoms with Crippen molar-refractivity contribution in [2.45, 2.75) is 27.2 Å². The maximum Gasteiger partial charge on any atom is 0.144 e. The van der Waals surface area contributed by atoms with Crippen molar-refractivity contribution in [2.75, 3.05) is 6.61 Å². The topological polar surface area (TPSA) is 67.8 Å². The zero-order valence-electron chi connectivity index (χ0n) is 10.9. The minimum Gasteiger partial charge on any atom is -0.493 e. The SMILES string of the molecule is Cc1cc(Cl)ccc1OCCC(C)(C)C(N)=NO. The van der Waals surface area contributed by atoms with E-state index < -0.39 is 5.41 Å². The third kappa shape index (κ3) is 3.81. The fourth-order valence-corrected chi connectivity index (χ4v) is 1.68. The van der Waals surface area contributed by atoms with Crippen molar-refractivity contribution >= 4 is 17.4 Å². The molecule has 3 N–H and O–H groups in total. The molecule has 0 spiro atoms. The van der Waals surface area contributed by atoms with Gasteiger partial charge in [-0.2, -0.15) is 0 Å². The van der Waals surface area contributed by atoms with E-state index in [1.54, 1.807) is 6.07 Å². The molecule has 0 atom stereocenters. The van der Waals surface area contributed by atoms with Gasteiger partial charge in [0.2, 0.25) is 0 Å². The zero-order chi connectivity index (χ0) is 13.8. The number of hydrogen-bond acceptors (Lipinski definition) is 3. The second kappa shape index (κ2) is 5.96. The van der Waals surface area contributed by atoms with Gasteiger partial charge in [0.15, 0.2) is 0 Å². The molecule has 0 saturated carbocycles. The van der Waals surface area contributed by atoms with Crippen LogP contribution < -0.4 is 10.5 Å². The monoisotopic (exact) mass is 270 g/mol. The molecule has 0 bridgehead atoms. The van der Waals surface area contributed by atoms with Gasteiger partial charge in [0.25, 0.3) is 0 Å². The standard InChI is InChI=1S/C13H19ClN2O2/c1-9-8-10(14)4-5-11(9)18-7-6-13(2,3)12(15)16-17/h4-5,8,17H,6-7H2,1-3H3,(H2,15,16). The van der Waals surface area contributed by atoms with Crippen LogP contribution in [0.4, 0.5) is 0 Å². The Morgan fingerprint density at radius 2 is 2.17 bits per heavy atom. The summed E-state index contributed by atoms with van der Waals surface area (Å²) in [4.78, 5) is 0. The molecule has 0 amide bonds.